The van der Waals surface area contributed by atoms with Crippen molar-refractivity contribution in [3.8, 4) is 0 Å². The lowest BCUT2D eigenvalue weighted by Crippen LogP contribution is -2.32. The zero-order chi connectivity index (χ0) is 19.1. The summed E-state index contributed by atoms with van der Waals surface area (Å²) in [6.07, 6.45) is 0. The van der Waals surface area contributed by atoms with Gasteiger partial charge < -0.3 is 5.32 Å². The van der Waals surface area contributed by atoms with Crippen molar-refractivity contribution in [2.75, 3.05) is 10.2 Å². The highest BCUT2D eigenvalue weighted by Crippen LogP contribution is 2.34. The third kappa shape index (κ3) is 2.98. The molecule has 3 aromatic carbocycles. The minimum atomic E-state index is -0.523. The highest BCUT2D eigenvalue weighted by atomic mass is 35.5. The van der Waals surface area contributed by atoms with Crippen molar-refractivity contribution in [2.24, 2.45) is 0 Å². The van der Waals surface area contributed by atoms with E-state index < -0.39 is 11.8 Å². The normalized spacial score (nSPS) is 14.4. The Labute approximate surface area is 162 Å². The molecule has 1 N–H and O–H groups in total. The topological polar surface area (TPSA) is 49.4 Å². The predicted molar refractivity (Wildman–Crippen MR) is 109 cm³/mol. The molecule has 1 aliphatic heterocycles. The number of hydrogen-bond donors (Lipinski definition) is 1. The summed E-state index contributed by atoms with van der Waals surface area (Å²) in [6, 6.07) is 19.0. The van der Waals surface area contributed by atoms with E-state index in [-0.39, 0.29) is 10.7 Å². The van der Waals surface area contributed by atoms with Gasteiger partial charge in [0.15, 0.2) is 0 Å². The zero-order valence-corrected chi connectivity index (χ0v) is 15.7. The first-order chi connectivity index (χ1) is 13.0. The number of rotatable bonds is 3. The maximum atomic E-state index is 13.0. The van der Waals surface area contributed by atoms with Crippen molar-refractivity contribution in [1.29, 1.82) is 0 Å². The van der Waals surface area contributed by atoms with Crippen LogP contribution in [0.5, 0.6) is 0 Å². The van der Waals surface area contributed by atoms with E-state index in [2.05, 4.69) is 5.32 Å². The predicted octanol–water partition coefficient (Wildman–Crippen LogP) is 4.89. The average molecular weight is 377 g/mol. The second-order valence-corrected chi connectivity index (χ2v) is 7.01. The Balaban J connectivity index is 1.74. The summed E-state index contributed by atoms with van der Waals surface area (Å²) in [7, 11) is 0. The summed E-state index contributed by atoms with van der Waals surface area (Å²) < 4.78 is 0. The third-order valence-electron chi connectivity index (χ3n) is 4.53. The van der Waals surface area contributed by atoms with Gasteiger partial charge in [-0.05, 0) is 48.6 Å². The number of anilines is 2. The van der Waals surface area contributed by atoms with Crippen LogP contribution in [0.4, 0.5) is 11.4 Å². The number of carbonyl (C=O) groups excluding carboxylic acids is 2. The number of benzene rings is 3. The van der Waals surface area contributed by atoms with Crippen LogP contribution < -0.4 is 10.2 Å². The quantitative estimate of drug-likeness (QED) is 0.662. The second-order valence-electron chi connectivity index (χ2n) is 6.63. The van der Waals surface area contributed by atoms with Crippen LogP contribution in [0.2, 0.25) is 0 Å². The first-order valence-corrected chi connectivity index (χ1v) is 8.95. The van der Waals surface area contributed by atoms with Gasteiger partial charge in [0.1, 0.15) is 10.7 Å². The lowest BCUT2D eigenvalue weighted by molar-refractivity contribution is -0.120. The molecule has 0 spiro atoms. The van der Waals surface area contributed by atoms with Gasteiger partial charge in [0.2, 0.25) is 0 Å². The number of aryl methyl sites for hydroxylation is 2. The van der Waals surface area contributed by atoms with E-state index in [9.17, 15) is 9.59 Å². The number of amides is 2. The van der Waals surface area contributed by atoms with Crippen molar-refractivity contribution >= 4 is 45.6 Å². The molecule has 0 atom stereocenters. The Hall–Kier alpha value is -3.11. The minimum Gasteiger partial charge on any atom is -0.350 e. The third-order valence-corrected chi connectivity index (χ3v) is 4.88. The second kappa shape index (κ2) is 6.56. The van der Waals surface area contributed by atoms with Gasteiger partial charge in [-0.15, -0.1) is 0 Å². The summed E-state index contributed by atoms with van der Waals surface area (Å²) in [5, 5.41) is 4.70. The number of imide groups is 1. The molecule has 0 fully saturated rings. The Morgan fingerprint density at radius 2 is 1.52 bits per heavy atom. The smallest absolute Gasteiger partial charge is 0.283 e. The molecule has 0 radical (unpaired) electrons. The Morgan fingerprint density at radius 3 is 2.26 bits per heavy atom. The van der Waals surface area contributed by atoms with E-state index in [4.69, 9.17) is 11.6 Å². The van der Waals surface area contributed by atoms with Crippen molar-refractivity contribution in [3.63, 3.8) is 0 Å². The lowest BCUT2D eigenvalue weighted by atomic mass is 10.1. The first kappa shape index (κ1) is 17.3. The summed E-state index contributed by atoms with van der Waals surface area (Å²) in [5.41, 5.74) is 3.45. The van der Waals surface area contributed by atoms with Gasteiger partial charge in [0.05, 0.1) is 5.69 Å². The molecule has 0 saturated heterocycles. The number of fused-ring (bicyclic) bond motifs is 1. The molecule has 3 aromatic rings. The van der Waals surface area contributed by atoms with Crippen molar-refractivity contribution in [1.82, 2.24) is 0 Å². The van der Waals surface area contributed by atoms with Crippen LogP contribution in [0.3, 0.4) is 0 Å². The molecule has 1 aliphatic rings. The molecule has 5 heteroatoms. The summed E-state index contributed by atoms with van der Waals surface area (Å²) in [6.45, 7) is 3.94. The Kier molecular flexibility index (Phi) is 4.21. The van der Waals surface area contributed by atoms with Crippen LogP contribution in [0.15, 0.2) is 71.4 Å². The number of nitrogens with one attached hydrogen (secondary N) is 1. The standard InChI is InChI=1S/C22H17ClN2O2/c1-13-10-14(2)12-16(11-13)24-20-19(23)21(26)25(22(20)27)18-9-5-7-15-6-3-4-8-17(15)18/h3-12,24H,1-2H3. The molecule has 0 unspecified atom stereocenters. The maximum absolute atomic E-state index is 13.0. The number of carbonyl (C=O) groups is 2. The van der Waals surface area contributed by atoms with Gasteiger partial charge in [0.25, 0.3) is 11.8 Å². The van der Waals surface area contributed by atoms with Gasteiger partial charge in [-0.2, -0.15) is 0 Å². The zero-order valence-electron chi connectivity index (χ0n) is 14.9. The fourth-order valence-electron chi connectivity index (χ4n) is 3.42. The Bertz CT molecular complexity index is 1110. The van der Waals surface area contributed by atoms with E-state index in [1.807, 2.05) is 68.4 Å². The van der Waals surface area contributed by atoms with Crippen LogP contribution in [-0.2, 0) is 9.59 Å². The molecule has 4 rings (SSSR count). The van der Waals surface area contributed by atoms with E-state index in [0.29, 0.717) is 5.69 Å². The molecule has 0 aliphatic carbocycles. The molecule has 1 heterocycles. The van der Waals surface area contributed by atoms with E-state index in [1.165, 1.54) is 0 Å². The van der Waals surface area contributed by atoms with Gasteiger partial charge in [0, 0.05) is 11.1 Å². The van der Waals surface area contributed by atoms with Crippen LogP contribution in [0, 0.1) is 13.8 Å². The van der Waals surface area contributed by atoms with E-state index >= 15 is 0 Å². The van der Waals surface area contributed by atoms with Gasteiger partial charge in [-0.25, -0.2) is 4.90 Å². The SMILES string of the molecule is Cc1cc(C)cc(NC2=C(Cl)C(=O)N(c3cccc4ccccc34)C2=O)c1. The average Bonchev–Trinajstić information content (AvgIpc) is 2.84. The highest BCUT2D eigenvalue weighted by molar-refractivity contribution is 6.53. The first-order valence-electron chi connectivity index (χ1n) is 8.57. The van der Waals surface area contributed by atoms with E-state index in [1.54, 1.807) is 6.07 Å². The minimum absolute atomic E-state index is 0.0969. The van der Waals surface area contributed by atoms with Crippen LogP contribution in [0.25, 0.3) is 10.8 Å². The molecule has 2 amide bonds. The number of hydrogen-bond acceptors (Lipinski definition) is 3. The Morgan fingerprint density at radius 1 is 0.852 bits per heavy atom. The molecule has 134 valence electrons. The maximum Gasteiger partial charge on any atom is 0.283 e. The molecule has 0 bridgehead atoms. The fourth-order valence-corrected chi connectivity index (χ4v) is 3.64. The van der Waals surface area contributed by atoms with Crippen LogP contribution >= 0.6 is 11.6 Å². The molecule has 4 nitrogen and oxygen atoms in total. The molecule has 0 saturated carbocycles. The lowest BCUT2D eigenvalue weighted by Gasteiger charge is -2.17. The summed E-state index contributed by atoms with van der Waals surface area (Å²) in [5.74, 6) is -0.981. The van der Waals surface area contributed by atoms with Crippen molar-refractivity contribution in [2.45, 2.75) is 13.8 Å². The molecule has 27 heavy (non-hydrogen) atoms. The van der Waals surface area contributed by atoms with Crippen LogP contribution in [-0.4, -0.2) is 11.8 Å². The number of halogens is 1. The molecular weight excluding hydrogens is 360 g/mol. The van der Waals surface area contributed by atoms with Crippen molar-refractivity contribution < 1.29 is 9.59 Å². The van der Waals surface area contributed by atoms with Crippen LogP contribution in [0.1, 0.15) is 11.1 Å². The molecule has 0 aromatic heterocycles. The monoisotopic (exact) mass is 376 g/mol. The summed E-state index contributed by atoms with van der Waals surface area (Å²) >= 11 is 6.25. The largest absolute Gasteiger partial charge is 0.350 e. The fraction of sp³-hybridized carbons (Fsp3) is 0.0909. The van der Waals surface area contributed by atoms with Gasteiger partial charge >= 0.3 is 0 Å². The van der Waals surface area contributed by atoms with E-state index in [0.717, 1.165) is 32.5 Å². The number of nitrogens with zero attached hydrogens (tertiary/aromatic N) is 1. The molecular formula is C22H17ClN2O2. The van der Waals surface area contributed by atoms with Crippen molar-refractivity contribution in [3.05, 3.63) is 82.5 Å². The van der Waals surface area contributed by atoms with Gasteiger partial charge in [-0.1, -0.05) is 54.1 Å². The highest BCUT2D eigenvalue weighted by Gasteiger charge is 2.39. The summed E-state index contributed by atoms with van der Waals surface area (Å²) in [4.78, 5) is 26.9. The van der Waals surface area contributed by atoms with Gasteiger partial charge in [-0.3, -0.25) is 9.59 Å².